The van der Waals surface area contributed by atoms with Crippen molar-refractivity contribution in [2.75, 3.05) is 19.2 Å². The molecule has 4 aromatic rings. The summed E-state index contributed by atoms with van der Waals surface area (Å²) in [5.41, 5.74) is 2.85. The Hall–Kier alpha value is -4.85. The lowest BCUT2D eigenvalue weighted by molar-refractivity contribution is -0.139. The van der Waals surface area contributed by atoms with Gasteiger partial charge in [0.05, 0.1) is 13.5 Å². The Balaban J connectivity index is 1.51. The second kappa shape index (κ2) is 11.5. The molecule has 1 aliphatic heterocycles. The molecule has 1 atom stereocenters. The van der Waals surface area contributed by atoms with E-state index in [1.54, 1.807) is 66.9 Å². The summed E-state index contributed by atoms with van der Waals surface area (Å²) in [5.74, 6) is 1.27. The molecular weight excluding hydrogens is 482 g/mol. The van der Waals surface area contributed by atoms with Crippen LogP contribution >= 0.6 is 0 Å². The number of aromatic nitrogens is 1. The summed E-state index contributed by atoms with van der Waals surface area (Å²) >= 11 is 0. The number of benzene rings is 3. The van der Waals surface area contributed by atoms with Crippen molar-refractivity contribution in [2.45, 2.75) is 19.0 Å². The molecule has 2 amide bonds. The molecule has 2 heterocycles. The highest BCUT2D eigenvalue weighted by molar-refractivity contribution is 5.98. The highest BCUT2D eigenvalue weighted by Crippen LogP contribution is 2.35. The molecule has 0 radical (unpaired) electrons. The molecule has 5 rings (SSSR count). The van der Waals surface area contributed by atoms with Crippen LogP contribution in [-0.4, -0.2) is 35.6 Å². The monoisotopic (exact) mass is 509 g/mol. The molecule has 0 spiro atoms. The van der Waals surface area contributed by atoms with Crippen LogP contribution in [0.1, 0.15) is 22.7 Å². The van der Waals surface area contributed by atoms with Crippen LogP contribution in [0, 0.1) is 0 Å². The summed E-state index contributed by atoms with van der Waals surface area (Å²) in [6.07, 6.45) is 3.52. The van der Waals surface area contributed by atoms with Crippen molar-refractivity contribution in [3.05, 3.63) is 114 Å². The lowest BCUT2D eigenvalue weighted by atomic mass is 10.0. The minimum atomic E-state index is -0.928. The van der Waals surface area contributed by atoms with Crippen LogP contribution in [0.3, 0.4) is 0 Å². The molecule has 0 saturated carbocycles. The van der Waals surface area contributed by atoms with E-state index in [4.69, 9.17) is 14.2 Å². The first kappa shape index (κ1) is 24.8. The second-order valence-electron chi connectivity index (χ2n) is 8.78. The smallest absolute Gasteiger partial charge is 0.251 e. The van der Waals surface area contributed by atoms with Crippen molar-refractivity contribution < 1.29 is 23.8 Å². The maximum absolute atomic E-state index is 13.9. The molecule has 1 aromatic heterocycles. The van der Waals surface area contributed by atoms with Gasteiger partial charge in [0.2, 0.25) is 12.7 Å². The highest BCUT2D eigenvalue weighted by Gasteiger charge is 2.32. The molecule has 0 saturated heterocycles. The lowest BCUT2D eigenvalue weighted by Crippen LogP contribution is -2.41. The van der Waals surface area contributed by atoms with Gasteiger partial charge in [0.1, 0.15) is 11.8 Å². The minimum absolute atomic E-state index is 0.133. The molecule has 1 aliphatic rings. The van der Waals surface area contributed by atoms with Gasteiger partial charge in [0.15, 0.2) is 11.5 Å². The van der Waals surface area contributed by atoms with Crippen LogP contribution in [0.15, 0.2) is 97.3 Å². The number of nitrogens with zero attached hydrogens (tertiary/aromatic N) is 2. The van der Waals surface area contributed by atoms with Crippen molar-refractivity contribution in [2.24, 2.45) is 0 Å². The van der Waals surface area contributed by atoms with Crippen LogP contribution < -0.4 is 19.5 Å². The van der Waals surface area contributed by atoms with E-state index in [0.29, 0.717) is 28.5 Å². The number of amides is 2. The Morgan fingerprint density at radius 3 is 2.45 bits per heavy atom. The van der Waals surface area contributed by atoms with E-state index in [9.17, 15) is 9.59 Å². The first-order chi connectivity index (χ1) is 18.6. The molecule has 8 heteroatoms. The molecule has 38 heavy (non-hydrogen) atoms. The first-order valence-corrected chi connectivity index (χ1v) is 12.2. The highest BCUT2D eigenvalue weighted by atomic mass is 16.7. The SMILES string of the molecule is COc1ccc(C(C(=O)Nc2ccc3c(c2)OCO3)N(Cc2cccnc2)C(=O)Cc2ccccc2)cc1. The van der Waals surface area contributed by atoms with E-state index >= 15 is 0 Å². The predicted octanol–water partition coefficient (Wildman–Crippen LogP) is 4.77. The zero-order chi connectivity index (χ0) is 26.3. The minimum Gasteiger partial charge on any atom is -0.497 e. The van der Waals surface area contributed by atoms with Gasteiger partial charge in [-0.15, -0.1) is 0 Å². The number of nitrogens with one attached hydrogen (secondary N) is 1. The van der Waals surface area contributed by atoms with Gasteiger partial charge in [-0.2, -0.15) is 0 Å². The molecule has 0 bridgehead atoms. The number of hydrogen-bond donors (Lipinski definition) is 1. The van der Waals surface area contributed by atoms with Crippen molar-refractivity contribution in [3.63, 3.8) is 0 Å². The van der Waals surface area contributed by atoms with Crippen LogP contribution in [0.2, 0.25) is 0 Å². The van der Waals surface area contributed by atoms with Gasteiger partial charge in [-0.3, -0.25) is 14.6 Å². The summed E-state index contributed by atoms with van der Waals surface area (Å²) in [4.78, 5) is 33.6. The third kappa shape index (κ3) is 5.75. The van der Waals surface area contributed by atoms with E-state index in [0.717, 1.165) is 11.1 Å². The standard InChI is InChI=1S/C30H27N3O5/c1-36-25-12-9-23(10-13-25)29(30(35)32-24-11-14-26-27(17-24)38-20-37-26)33(19-22-8-5-15-31-18-22)28(34)16-21-6-3-2-4-7-21/h2-15,17-18,29H,16,19-20H2,1H3,(H,32,35). The van der Waals surface area contributed by atoms with Crippen molar-refractivity contribution in [1.29, 1.82) is 0 Å². The lowest BCUT2D eigenvalue weighted by Gasteiger charge is -2.32. The van der Waals surface area contributed by atoms with Crippen molar-refractivity contribution in [3.8, 4) is 17.2 Å². The zero-order valence-corrected chi connectivity index (χ0v) is 20.9. The van der Waals surface area contributed by atoms with Crippen LogP contribution in [0.4, 0.5) is 5.69 Å². The Morgan fingerprint density at radius 1 is 0.947 bits per heavy atom. The third-order valence-electron chi connectivity index (χ3n) is 6.23. The number of carbonyl (C=O) groups excluding carboxylic acids is 2. The van der Waals surface area contributed by atoms with Gasteiger partial charge in [-0.25, -0.2) is 0 Å². The van der Waals surface area contributed by atoms with Gasteiger partial charge in [-0.1, -0.05) is 48.5 Å². The molecule has 8 nitrogen and oxygen atoms in total. The van der Waals surface area contributed by atoms with Crippen molar-refractivity contribution in [1.82, 2.24) is 9.88 Å². The molecule has 3 aromatic carbocycles. The van der Waals surface area contributed by atoms with Gasteiger partial charge in [0.25, 0.3) is 5.91 Å². The number of anilines is 1. The molecule has 192 valence electrons. The Morgan fingerprint density at radius 2 is 1.71 bits per heavy atom. The van der Waals surface area contributed by atoms with E-state index < -0.39 is 6.04 Å². The van der Waals surface area contributed by atoms with Crippen LogP contribution in [0.5, 0.6) is 17.2 Å². The van der Waals surface area contributed by atoms with E-state index in [2.05, 4.69) is 10.3 Å². The van der Waals surface area contributed by atoms with Crippen LogP contribution in [-0.2, 0) is 22.6 Å². The third-order valence-corrected chi connectivity index (χ3v) is 6.23. The van der Waals surface area contributed by atoms with Gasteiger partial charge in [-0.05, 0) is 47.0 Å². The summed E-state index contributed by atoms with van der Waals surface area (Å²) in [7, 11) is 1.58. The van der Waals surface area contributed by atoms with E-state index in [-0.39, 0.29) is 31.6 Å². The Labute approximate surface area is 220 Å². The summed E-state index contributed by atoms with van der Waals surface area (Å²) in [6, 6.07) is 24.6. The van der Waals surface area contributed by atoms with E-state index in [1.807, 2.05) is 42.5 Å². The number of fused-ring (bicyclic) bond motifs is 1. The maximum Gasteiger partial charge on any atom is 0.251 e. The first-order valence-electron chi connectivity index (χ1n) is 12.2. The quantitative estimate of drug-likeness (QED) is 0.350. The fourth-order valence-corrected chi connectivity index (χ4v) is 4.33. The molecule has 0 fully saturated rings. The normalized spacial score (nSPS) is 12.4. The molecule has 1 N–H and O–H groups in total. The number of rotatable bonds is 9. The Bertz CT molecular complexity index is 1390. The number of pyridine rings is 1. The molecule has 1 unspecified atom stereocenters. The van der Waals surface area contributed by atoms with Crippen LogP contribution in [0.25, 0.3) is 0 Å². The average Bonchev–Trinajstić information content (AvgIpc) is 3.42. The molecular formula is C30H27N3O5. The zero-order valence-electron chi connectivity index (χ0n) is 20.9. The van der Waals surface area contributed by atoms with Crippen molar-refractivity contribution >= 4 is 17.5 Å². The van der Waals surface area contributed by atoms with Gasteiger partial charge >= 0.3 is 0 Å². The fraction of sp³-hybridized carbons (Fsp3) is 0.167. The Kier molecular flexibility index (Phi) is 7.49. The maximum atomic E-state index is 13.9. The fourth-order valence-electron chi connectivity index (χ4n) is 4.33. The van der Waals surface area contributed by atoms with Gasteiger partial charge < -0.3 is 24.4 Å². The topological polar surface area (TPSA) is 90.0 Å². The van der Waals surface area contributed by atoms with Gasteiger partial charge in [0, 0.05) is 30.7 Å². The number of ether oxygens (including phenoxy) is 3. The summed E-state index contributed by atoms with van der Waals surface area (Å²) in [6.45, 7) is 0.332. The second-order valence-corrected chi connectivity index (χ2v) is 8.78. The largest absolute Gasteiger partial charge is 0.497 e. The summed E-state index contributed by atoms with van der Waals surface area (Å²) in [5, 5.41) is 2.97. The predicted molar refractivity (Wildman–Crippen MR) is 142 cm³/mol. The average molecular weight is 510 g/mol. The molecule has 0 aliphatic carbocycles. The number of hydrogen-bond acceptors (Lipinski definition) is 6. The number of methoxy groups -OCH3 is 1. The number of carbonyl (C=O) groups is 2. The summed E-state index contributed by atoms with van der Waals surface area (Å²) < 4.78 is 16.2. The van der Waals surface area contributed by atoms with E-state index in [1.165, 1.54) is 0 Å².